The second-order valence-corrected chi connectivity index (χ2v) is 7.10. The molecule has 1 N–H and O–H groups in total. The van der Waals surface area contributed by atoms with Crippen LogP contribution in [0.3, 0.4) is 0 Å². The number of para-hydroxylation sites is 1. The summed E-state index contributed by atoms with van der Waals surface area (Å²) < 4.78 is 27.6. The molecule has 1 aliphatic carbocycles. The number of hydrogen-bond acceptors (Lipinski definition) is 4. The van der Waals surface area contributed by atoms with Gasteiger partial charge in [-0.1, -0.05) is 12.1 Å². The maximum atomic E-state index is 13.8. The summed E-state index contributed by atoms with van der Waals surface area (Å²) in [5, 5.41) is 2.28. The molecule has 2 amide bonds. The Kier molecular flexibility index (Phi) is 4.70. The topological polar surface area (TPSA) is 65.5 Å². The van der Waals surface area contributed by atoms with Gasteiger partial charge in [-0.2, -0.15) is 0 Å². The van der Waals surface area contributed by atoms with Gasteiger partial charge in [-0.25, -0.2) is 13.8 Å². The number of aromatic nitrogens is 1. The van der Waals surface area contributed by atoms with Crippen LogP contribution in [-0.4, -0.2) is 47.9 Å². The molecule has 6 nitrogen and oxygen atoms in total. The molecule has 1 aromatic carbocycles. The lowest BCUT2D eigenvalue weighted by Gasteiger charge is -2.36. The van der Waals surface area contributed by atoms with Gasteiger partial charge in [-0.15, -0.1) is 0 Å². The van der Waals surface area contributed by atoms with Crippen LogP contribution in [0.2, 0.25) is 0 Å². The van der Waals surface area contributed by atoms with Crippen LogP contribution in [-0.2, 0) is 9.59 Å². The number of hydrogen-bond donors (Lipinski definition) is 1. The molecular formula is C20H20F2N4O2. The maximum absolute atomic E-state index is 13.8. The maximum Gasteiger partial charge on any atom is 0.240 e. The zero-order chi connectivity index (χ0) is 19.7. The number of benzene rings is 1. The van der Waals surface area contributed by atoms with E-state index in [1.165, 1.54) is 6.07 Å². The zero-order valence-corrected chi connectivity index (χ0v) is 15.2. The summed E-state index contributed by atoms with van der Waals surface area (Å²) in [5.41, 5.74) is -1.73. The molecule has 8 heteroatoms. The molecule has 4 rings (SSSR count). The Bertz CT molecular complexity index is 874. The molecule has 146 valence electrons. The molecule has 2 fully saturated rings. The molecular weight excluding hydrogens is 366 g/mol. The molecule has 0 radical (unpaired) electrons. The van der Waals surface area contributed by atoms with E-state index in [0.29, 0.717) is 39.0 Å². The van der Waals surface area contributed by atoms with Crippen LogP contribution in [0.25, 0.3) is 0 Å². The van der Waals surface area contributed by atoms with Gasteiger partial charge in [0, 0.05) is 32.4 Å². The number of carbonyl (C=O) groups is 2. The van der Waals surface area contributed by atoms with Crippen molar-refractivity contribution in [3.8, 4) is 0 Å². The summed E-state index contributed by atoms with van der Waals surface area (Å²) >= 11 is 0. The highest BCUT2D eigenvalue weighted by Crippen LogP contribution is 2.48. The van der Waals surface area contributed by atoms with Gasteiger partial charge in [0.05, 0.1) is 0 Å². The van der Waals surface area contributed by atoms with Crippen molar-refractivity contribution in [3.05, 3.63) is 54.2 Å². The van der Waals surface area contributed by atoms with Crippen LogP contribution in [0.1, 0.15) is 12.8 Å². The van der Waals surface area contributed by atoms with Crippen molar-refractivity contribution in [2.24, 2.45) is 5.41 Å². The lowest BCUT2D eigenvalue weighted by Crippen LogP contribution is -2.52. The van der Waals surface area contributed by atoms with Crippen LogP contribution in [0.15, 0.2) is 42.6 Å². The Hall–Kier alpha value is -3.03. The minimum absolute atomic E-state index is 0.276. The number of carbonyl (C=O) groups excluding carboxylic acids is 2. The number of pyridine rings is 1. The molecule has 1 saturated carbocycles. The highest BCUT2D eigenvalue weighted by Gasteiger charge is 2.58. The normalized spacial score (nSPS) is 17.9. The van der Waals surface area contributed by atoms with Gasteiger partial charge in [0.15, 0.2) is 0 Å². The standard InChI is InChI=1S/C20H20F2N4O2/c21-14-4-3-5-15(22)17(14)24-18(27)20(7-8-20)19(28)26-12-10-25(11-13-26)16-6-1-2-9-23-16/h1-6,9H,7-8,10-13H2,(H,24,27). The number of anilines is 2. The van der Waals surface area contributed by atoms with Crippen LogP contribution in [0.4, 0.5) is 20.3 Å². The van der Waals surface area contributed by atoms with E-state index in [4.69, 9.17) is 0 Å². The molecule has 1 aliphatic heterocycles. The van der Waals surface area contributed by atoms with E-state index in [1.54, 1.807) is 11.1 Å². The predicted molar refractivity (Wildman–Crippen MR) is 99.7 cm³/mol. The molecule has 0 atom stereocenters. The summed E-state index contributed by atoms with van der Waals surface area (Å²) in [7, 11) is 0. The van der Waals surface area contributed by atoms with Crippen molar-refractivity contribution in [1.29, 1.82) is 0 Å². The van der Waals surface area contributed by atoms with Crippen molar-refractivity contribution in [3.63, 3.8) is 0 Å². The molecule has 2 aromatic rings. The van der Waals surface area contributed by atoms with Crippen LogP contribution >= 0.6 is 0 Å². The van der Waals surface area contributed by atoms with Crippen molar-refractivity contribution in [2.75, 3.05) is 36.4 Å². The summed E-state index contributed by atoms with van der Waals surface area (Å²) in [5.74, 6) is -1.79. The lowest BCUT2D eigenvalue weighted by atomic mass is 10.0. The van der Waals surface area contributed by atoms with Crippen molar-refractivity contribution in [2.45, 2.75) is 12.8 Å². The number of halogens is 2. The Labute approximate surface area is 161 Å². The quantitative estimate of drug-likeness (QED) is 0.820. The average molecular weight is 386 g/mol. The Morgan fingerprint density at radius 2 is 1.64 bits per heavy atom. The third kappa shape index (κ3) is 3.30. The molecule has 1 saturated heterocycles. The molecule has 2 aliphatic rings. The number of piperazine rings is 1. The molecule has 1 aromatic heterocycles. The summed E-state index contributed by atoms with van der Waals surface area (Å²) in [6, 6.07) is 9.02. The van der Waals surface area contributed by atoms with E-state index in [2.05, 4.69) is 15.2 Å². The van der Waals surface area contributed by atoms with Crippen molar-refractivity contribution in [1.82, 2.24) is 9.88 Å². The van der Waals surface area contributed by atoms with Gasteiger partial charge in [-0.05, 0) is 37.1 Å². The minimum Gasteiger partial charge on any atom is -0.353 e. The monoisotopic (exact) mass is 386 g/mol. The van der Waals surface area contributed by atoms with Gasteiger partial charge < -0.3 is 15.1 Å². The fourth-order valence-corrected chi connectivity index (χ4v) is 3.50. The second-order valence-electron chi connectivity index (χ2n) is 7.10. The Morgan fingerprint density at radius 3 is 2.21 bits per heavy atom. The summed E-state index contributed by atoms with van der Waals surface area (Å²) in [6.07, 6.45) is 2.49. The molecule has 0 bridgehead atoms. The van der Waals surface area contributed by atoms with Crippen molar-refractivity contribution >= 4 is 23.3 Å². The smallest absolute Gasteiger partial charge is 0.240 e. The molecule has 0 unspecified atom stereocenters. The fourth-order valence-electron chi connectivity index (χ4n) is 3.50. The SMILES string of the molecule is O=C(Nc1c(F)cccc1F)C1(C(=O)N2CCN(c3ccccn3)CC2)CC1. The molecule has 2 heterocycles. The van der Waals surface area contributed by atoms with E-state index < -0.39 is 28.6 Å². The third-order valence-electron chi connectivity index (χ3n) is 5.34. The van der Waals surface area contributed by atoms with E-state index in [1.807, 2.05) is 18.2 Å². The number of nitrogens with one attached hydrogen (secondary N) is 1. The van der Waals surface area contributed by atoms with E-state index >= 15 is 0 Å². The molecule has 0 spiro atoms. The highest BCUT2D eigenvalue weighted by atomic mass is 19.1. The van der Waals surface area contributed by atoms with Gasteiger partial charge in [0.25, 0.3) is 0 Å². The first-order valence-electron chi connectivity index (χ1n) is 9.22. The number of amides is 2. The first-order valence-corrected chi connectivity index (χ1v) is 9.22. The van der Waals surface area contributed by atoms with E-state index in [0.717, 1.165) is 18.0 Å². The zero-order valence-electron chi connectivity index (χ0n) is 15.2. The van der Waals surface area contributed by atoms with Gasteiger partial charge >= 0.3 is 0 Å². The predicted octanol–water partition coefficient (Wildman–Crippen LogP) is 2.43. The van der Waals surface area contributed by atoms with Gasteiger partial charge in [0.2, 0.25) is 11.8 Å². The van der Waals surface area contributed by atoms with E-state index in [-0.39, 0.29) is 5.91 Å². The Balaban J connectivity index is 1.41. The number of nitrogens with zero attached hydrogens (tertiary/aromatic N) is 3. The van der Waals surface area contributed by atoms with E-state index in [9.17, 15) is 18.4 Å². The van der Waals surface area contributed by atoms with Gasteiger partial charge in [-0.3, -0.25) is 9.59 Å². The summed E-state index contributed by atoms with van der Waals surface area (Å²) in [4.78, 5) is 33.7. The minimum atomic E-state index is -1.22. The second kappa shape index (κ2) is 7.18. The largest absolute Gasteiger partial charge is 0.353 e. The third-order valence-corrected chi connectivity index (χ3v) is 5.34. The lowest BCUT2D eigenvalue weighted by molar-refractivity contribution is -0.142. The first kappa shape index (κ1) is 18.3. The van der Waals surface area contributed by atoms with Crippen molar-refractivity contribution < 1.29 is 18.4 Å². The summed E-state index contributed by atoms with van der Waals surface area (Å²) in [6.45, 7) is 2.17. The fraction of sp³-hybridized carbons (Fsp3) is 0.350. The first-order chi connectivity index (χ1) is 13.5. The number of rotatable bonds is 4. The average Bonchev–Trinajstić information content (AvgIpc) is 3.53. The van der Waals surface area contributed by atoms with Crippen LogP contribution in [0.5, 0.6) is 0 Å². The van der Waals surface area contributed by atoms with Gasteiger partial charge in [0.1, 0.15) is 28.6 Å². The highest BCUT2D eigenvalue weighted by molar-refractivity contribution is 6.13. The molecule has 28 heavy (non-hydrogen) atoms. The van der Waals surface area contributed by atoms with Crippen LogP contribution in [0, 0.1) is 17.0 Å². The Morgan fingerprint density at radius 1 is 0.964 bits per heavy atom. The van der Waals surface area contributed by atoms with Crippen LogP contribution < -0.4 is 10.2 Å².